The third-order valence-electron chi connectivity index (χ3n) is 2.86. The molecule has 4 nitrogen and oxygen atoms in total. The first-order valence-corrected chi connectivity index (χ1v) is 7.22. The van der Waals surface area contributed by atoms with Crippen LogP contribution in [0.2, 0.25) is 0 Å². The monoisotopic (exact) mass is 255 g/mol. The molecule has 1 heterocycles. The molecule has 1 amide bonds. The molecule has 17 heavy (non-hydrogen) atoms. The second-order valence-corrected chi connectivity index (χ2v) is 5.02. The molecule has 0 aliphatic rings. The molecule has 1 aromatic heterocycles. The molecule has 1 aromatic rings. The van der Waals surface area contributed by atoms with Crippen LogP contribution in [0.5, 0.6) is 0 Å². The number of aromatic nitrogens is 2. The van der Waals surface area contributed by atoms with Gasteiger partial charge in [-0.3, -0.25) is 4.79 Å². The van der Waals surface area contributed by atoms with Gasteiger partial charge in [-0.15, -0.1) is 10.2 Å². The number of nitrogens with zero attached hydrogens (tertiary/aromatic N) is 2. The Bertz CT molecular complexity index is 314. The van der Waals surface area contributed by atoms with Crippen molar-refractivity contribution in [2.45, 2.75) is 52.4 Å². The van der Waals surface area contributed by atoms with Crippen molar-refractivity contribution in [3.63, 3.8) is 0 Å². The zero-order chi connectivity index (χ0) is 12.5. The van der Waals surface area contributed by atoms with Gasteiger partial charge in [-0.25, -0.2) is 0 Å². The fourth-order valence-corrected chi connectivity index (χ4v) is 2.22. The third kappa shape index (κ3) is 5.26. The maximum Gasteiger partial charge on any atom is 0.229 e. The van der Waals surface area contributed by atoms with Gasteiger partial charge in [0.1, 0.15) is 5.51 Å². The maximum atomic E-state index is 11.9. The molecule has 96 valence electrons. The SMILES string of the molecule is CCCCCCC(CC)C(=O)Nc1nncs1. The van der Waals surface area contributed by atoms with Crippen LogP contribution >= 0.6 is 11.3 Å². The lowest BCUT2D eigenvalue weighted by atomic mass is 9.97. The molecule has 0 aromatic carbocycles. The fraction of sp³-hybridized carbons (Fsp3) is 0.750. The average molecular weight is 255 g/mol. The summed E-state index contributed by atoms with van der Waals surface area (Å²) in [6.45, 7) is 4.25. The van der Waals surface area contributed by atoms with Crippen molar-refractivity contribution in [1.82, 2.24) is 10.2 Å². The standard InChI is InChI=1S/C12H21N3OS/c1-3-5-6-7-8-10(4-2)11(16)14-12-15-13-9-17-12/h9-10H,3-8H2,1-2H3,(H,14,15,16). The van der Waals surface area contributed by atoms with E-state index in [0.717, 1.165) is 19.3 Å². The smallest absolute Gasteiger partial charge is 0.229 e. The Hall–Kier alpha value is -0.970. The maximum absolute atomic E-state index is 11.9. The molecule has 1 rings (SSSR count). The van der Waals surface area contributed by atoms with Crippen molar-refractivity contribution < 1.29 is 4.79 Å². The molecule has 0 aliphatic heterocycles. The van der Waals surface area contributed by atoms with Crippen LogP contribution in [0.3, 0.4) is 0 Å². The van der Waals surface area contributed by atoms with Crippen molar-refractivity contribution >= 4 is 22.4 Å². The number of nitrogens with one attached hydrogen (secondary N) is 1. The minimum Gasteiger partial charge on any atom is -0.300 e. The van der Waals surface area contributed by atoms with E-state index in [1.54, 1.807) is 5.51 Å². The lowest BCUT2D eigenvalue weighted by Crippen LogP contribution is -2.22. The molecule has 0 fully saturated rings. The first-order valence-electron chi connectivity index (χ1n) is 6.35. The molecule has 0 saturated heterocycles. The van der Waals surface area contributed by atoms with Crippen molar-refractivity contribution in [2.24, 2.45) is 5.92 Å². The molecule has 0 saturated carbocycles. The van der Waals surface area contributed by atoms with E-state index in [2.05, 4.69) is 29.4 Å². The van der Waals surface area contributed by atoms with Gasteiger partial charge in [0.2, 0.25) is 11.0 Å². The topological polar surface area (TPSA) is 54.9 Å². The minimum atomic E-state index is 0.0840. The Morgan fingerprint density at radius 2 is 2.24 bits per heavy atom. The Balaban J connectivity index is 2.31. The molecular formula is C12H21N3OS. The highest BCUT2D eigenvalue weighted by Crippen LogP contribution is 2.17. The normalized spacial score (nSPS) is 12.4. The summed E-state index contributed by atoms with van der Waals surface area (Å²) in [5.74, 6) is 0.191. The second-order valence-electron chi connectivity index (χ2n) is 4.19. The summed E-state index contributed by atoms with van der Waals surface area (Å²) in [4.78, 5) is 11.9. The highest BCUT2D eigenvalue weighted by atomic mass is 32.1. The molecule has 5 heteroatoms. The summed E-state index contributed by atoms with van der Waals surface area (Å²) in [6, 6.07) is 0. The van der Waals surface area contributed by atoms with Crippen molar-refractivity contribution in [3.05, 3.63) is 5.51 Å². The average Bonchev–Trinajstić information content (AvgIpc) is 2.82. The van der Waals surface area contributed by atoms with E-state index in [-0.39, 0.29) is 11.8 Å². The van der Waals surface area contributed by atoms with Gasteiger partial charge < -0.3 is 5.32 Å². The van der Waals surface area contributed by atoms with Crippen LogP contribution in [0.1, 0.15) is 52.4 Å². The van der Waals surface area contributed by atoms with Gasteiger partial charge in [0.15, 0.2) is 0 Å². The number of rotatable bonds is 8. The van der Waals surface area contributed by atoms with Crippen molar-refractivity contribution in [3.8, 4) is 0 Å². The zero-order valence-electron chi connectivity index (χ0n) is 10.6. The van der Waals surface area contributed by atoms with E-state index < -0.39 is 0 Å². The highest BCUT2D eigenvalue weighted by molar-refractivity contribution is 7.13. The number of hydrogen-bond donors (Lipinski definition) is 1. The summed E-state index contributed by atoms with van der Waals surface area (Å²) in [7, 11) is 0. The third-order valence-corrected chi connectivity index (χ3v) is 3.47. The molecular weight excluding hydrogens is 234 g/mol. The molecule has 1 unspecified atom stereocenters. The Morgan fingerprint density at radius 3 is 2.82 bits per heavy atom. The molecule has 1 N–H and O–H groups in total. The van der Waals surface area contributed by atoms with Crippen LogP contribution in [0, 0.1) is 5.92 Å². The number of carbonyl (C=O) groups excluding carboxylic acids is 1. The van der Waals surface area contributed by atoms with Crippen LogP contribution in [0.4, 0.5) is 5.13 Å². The quantitative estimate of drug-likeness (QED) is 0.724. The van der Waals surface area contributed by atoms with E-state index in [4.69, 9.17) is 0 Å². The summed E-state index contributed by atoms with van der Waals surface area (Å²) >= 11 is 1.36. The minimum absolute atomic E-state index is 0.0840. The van der Waals surface area contributed by atoms with Crippen LogP contribution in [-0.2, 0) is 4.79 Å². The van der Waals surface area contributed by atoms with E-state index in [0.29, 0.717) is 5.13 Å². The Labute approximate surface area is 107 Å². The zero-order valence-corrected chi connectivity index (χ0v) is 11.4. The van der Waals surface area contributed by atoms with Gasteiger partial charge >= 0.3 is 0 Å². The Kier molecular flexibility index (Phi) is 6.77. The van der Waals surface area contributed by atoms with E-state index in [1.807, 2.05) is 0 Å². The summed E-state index contributed by atoms with van der Waals surface area (Å²) in [5, 5.41) is 10.9. The van der Waals surface area contributed by atoms with Gasteiger partial charge in [0, 0.05) is 5.92 Å². The number of carbonyl (C=O) groups is 1. The summed E-state index contributed by atoms with van der Waals surface area (Å²) < 4.78 is 0. The molecule has 0 radical (unpaired) electrons. The van der Waals surface area contributed by atoms with Crippen LogP contribution < -0.4 is 5.32 Å². The number of unbranched alkanes of at least 4 members (excludes halogenated alkanes) is 3. The predicted molar refractivity (Wildman–Crippen MR) is 71.1 cm³/mol. The first-order chi connectivity index (χ1) is 8.27. The van der Waals surface area contributed by atoms with Gasteiger partial charge in [-0.05, 0) is 12.8 Å². The Morgan fingerprint density at radius 1 is 1.41 bits per heavy atom. The molecule has 0 bridgehead atoms. The second kappa shape index (κ2) is 8.17. The van der Waals surface area contributed by atoms with E-state index >= 15 is 0 Å². The largest absolute Gasteiger partial charge is 0.300 e. The van der Waals surface area contributed by atoms with Gasteiger partial charge in [-0.2, -0.15) is 0 Å². The van der Waals surface area contributed by atoms with Gasteiger partial charge in [-0.1, -0.05) is 50.9 Å². The molecule has 1 atom stereocenters. The van der Waals surface area contributed by atoms with Crippen molar-refractivity contribution in [2.75, 3.05) is 5.32 Å². The summed E-state index contributed by atoms with van der Waals surface area (Å²) in [6.07, 6.45) is 6.70. The van der Waals surface area contributed by atoms with Gasteiger partial charge in [0.25, 0.3) is 0 Å². The lowest BCUT2D eigenvalue weighted by molar-refractivity contribution is -0.120. The predicted octanol–water partition coefficient (Wildman–Crippen LogP) is 3.47. The van der Waals surface area contributed by atoms with Gasteiger partial charge in [0.05, 0.1) is 0 Å². The lowest BCUT2D eigenvalue weighted by Gasteiger charge is -2.13. The van der Waals surface area contributed by atoms with E-state index in [1.165, 1.54) is 30.6 Å². The van der Waals surface area contributed by atoms with E-state index in [9.17, 15) is 4.79 Å². The molecule has 0 spiro atoms. The van der Waals surface area contributed by atoms with Crippen LogP contribution in [0.15, 0.2) is 5.51 Å². The molecule has 0 aliphatic carbocycles. The van der Waals surface area contributed by atoms with Crippen LogP contribution in [-0.4, -0.2) is 16.1 Å². The number of anilines is 1. The first kappa shape index (κ1) is 14.1. The number of hydrogen-bond acceptors (Lipinski definition) is 4. The highest BCUT2D eigenvalue weighted by Gasteiger charge is 2.16. The fourth-order valence-electron chi connectivity index (χ4n) is 1.77. The van der Waals surface area contributed by atoms with Crippen molar-refractivity contribution in [1.29, 1.82) is 0 Å². The summed E-state index contributed by atoms with van der Waals surface area (Å²) in [5.41, 5.74) is 1.62. The number of amides is 1. The van der Waals surface area contributed by atoms with Crippen LogP contribution in [0.25, 0.3) is 0 Å².